The Morgan fingerprint density at radius 1 is 1.41 bits per heavy atom. The molecular formula is C12H27N3OS. The van der Waals surface area contributed by atoms with Crippen molar-refractivity contribution in [3.63, 3.8) is 0 Å². The van der Waals surface area contributed by atoms with Crippen molar-refractivity contribution in [2.24, 2.45) is 5.73 Å². The molecule has 0 aliphatic heterocycles. The second-order valence-corrected chi connectivity index (χ2v) is 5.30. The highest BCUT2D eigenvalue weighted by Gasteiger charge is 2.03. The summed E-state index contributed by atoms with van der Waals surface area (Å²) in [5.74, 6) is 1.69. The number of nitrogens with two attached hydrogens (primary N) is 1. The van der Waals surface area contributed by atoms with Crippen LogP contribution in [-0.4, -0.2) is 54.5 Å². The van der Waals surface area contributed by atoms with Gasteiger partial charge in [-0.1, -0.05) is 13.8 Å². The van der Waals surface area contributed by atoms with E-state index in [1.54, 1.807) is 11.8 Å². The highest BCUT2D eigenvalue weighted by atomic mass is 32.2. The second-order valence-electron chi connectivity index (χ2n) is 4.20. The van der Waals surface area contributed by atoms with Crippen molar-refractivity contribution in [3.8, 4) is 0 Å². The number of hydrogen-bond acceptors (Lipinski definition) is 4. The van der Waals surface area contributed by atoms with Crippen LogP contribution < -0.4 is 11.1 Å². The third kappa shape index (κ3) is 10.6. The summed E-state index contributed by atoms with van der Waals surface area (Å²) in [4.78, 5) is 13.8. The van der Waals surface area contributed by atoms with Crippen molar-refractivity contribution < 1.29 is 4.79 Å². The van der Waals surface area contributed by atoms with E-state index in [0.29, 0.717) is 12.3 Å². The zero-order chi connectivity index (χ0) is 13.1. The lowest BCUT2D eigenvalue weighted by Crippen LogP contribution is -2.30. The minimum atomic E-state index is 0.121. The predicted octanol–water partition coefficient (Wildman–Crippen LogP) is 0.915. The van der Waals surface area contributed by atoms with Crippen molar-refractivity contribution in [2.45, 2.75) is 33.2 Å². The average Bonchev–Trinajstić information content (AvgIpc) is 2.29. The van der Waals surface area contributed by atoms with Crippen LogP contribution in [0.25, 0.3) is 0 Å². The average molecular weight is 261 g/mol. The largest absolute Gasteiger partial charge is 0.355 e. The number of nitrogens with one attached hydrogen (secondary N) is 1. The lowest BCUT2D eigenvalue weighted by atomic mass is 10.2. The first-order chi connectivity index (χ1) is 8.10. The minimum Gasteiger partial charge on any atom is -0.355 e. The number of carbonyl (C=O) groups excluding carboxylic acids is 1. The van der Waals surface area contributed by atoms with Crippen molar-refractivity contribution in [3.05, 3.63) is 0 Å². The molecule has 17 heavy (non-hydrogen) atoms. The van der Waals surface area contributed by atoms with E-state index in [9.17, 15) is 4.79 Å². The van der Waals surface area contributed by atoms with Gasteiger partial charge in [0.05, 0.1) is 5.75 Å². The van der Waals surface area contributed by atoms with Gasteiger partial charge in [-0.3, -0.25) is 4.79 Å². The quantitative estimate of drug-likeness (QED) is 0.574. The molecule has 0 aromatic carbocycles. The lowest BCUT2D eigenvalue weighted by Gasteiger charge is -2.17. The van der Waals surface area contributed by atoms with Crippen LogP contribution in [0.3, 0.4) is 0 Å². The summed E-state index contributed by atoms with van der Waals surface area (Å²) in [5.41, 5.74) is 5.60. The van der Waals surface area contributed by atoms with Crippen LogP contribution in [0.2, 0.25) is 0 Å². The van der Waals surface area contributed by atoms with E-state index in [2.05, 4.69) is 24.1 Å². The van der Waals surface area contributed by atoms with Crippen LogP contribution in [0.4, 0.5) is 0 Å². The van der Waals surface area contributed by atoms with E-state index in [4.69, 9.17) is 5.73 Å². The highest BCUT2D eigenvalue weighted by molar-refractivity contribution is 7.99. The van der Waals surface area contributed by atoms with E-state index in [0.717, 1.165) is 31.8 Å². The normalized spacial score (nSPS) is 12.8. The molecule has 0 rings (SSSR count). The van der Waals surface area contributed by atoms with Gasteiger partial charge < -0.3 is 16.0 Å². The maximum atomic E-state index is 11.4. The van der Waals surface area contributed by atoms with Gasteiger partial charge in [0.2, 0.25) is 5.91 Å². The van der Waals surface area contributed by atoms with Crippen molar-refractivity contribution >= 4 is 17.7 Å². The van der Waals surface area contributed by atoms with E-state index in [1.807, 2.05) is 6.92 Å². The molecule has 0 radical (unpaired) electrons. The van der Waals surface area contributed by atoms with E-state index >= 15 is 0 Å². The maximum absolute atomic E-state index is 11.4. The molecule has 102 valence electrons. The molecule has 1 unspecified atom stereocenters. The summed E-state index contributed by atoms with van der Waals surface area (Å²) < 4.78 is 0. The molecule has 0 aromatic heterocycles. The van der Waals surface area contributed by atoms with Gasteiger partial charge in [-0.15, -0.1) is 0 Å². The third-order valence-corrected chi connectivity index (χ3v) is 3.54. The molecule has 0 aliphatic rings. The Labute approximate surface area is 110 Å². The first-order valence-electron chi connectivity index (χ1n) is 6.42. The zero-order valence-corrected chi connectivity index (χ0v) is 12.2. The number of hydrogen-bond donors (Lipinski definition) is 2. The van der Waals surface area contributed by atoms with Gasteiger partial charge in [-0.05, 0) is 26.4 Å². The Bertz CT molecular complexity index is 196. The number of thioether (sulfide) groups is 1. The second kappa shape index (κ2) is 10.9. The lowest BCUT2D eigenvalue weighted by molar-refractivity contribution is -0.118. The molecule has 0 bridgehead atoms. The van der Waals surface area contributed by atoms with E-state index in [-0.39, 0.29) is 11.9 Å². The number of amides is 1. The van der Waals surface area contributed by atoms with Crippen molar-refractivity contribution in [2.75, 3.05) is 37.7 Å². The number of carbonyl (C=O) groups is 1. The molecule has 0 aromatic rings. The first-order valence-corrected chi connectivity index (χ1v) is 7.58. The van der Waals surface area contributed by atoms with Crippen LogP contribution in [0.1, 0.15) is 27.2 Å². The summed E-state index contributed by atoms with van der Waals surface area (Å²) in [6.45, 7) is 10.2. The minimum absolute atomic E-state index is 0.121. The van der Waals surface area contributed by atoms with Gasteiger partial charge in [0.1, 0.15) is 0 Å². The molecule has 0 heterocycles. The Morgan fingerprint density at radius 2 is 2.06 bits per heavy atom. The van der Waals surface area contributed by atoms with Crippen LogP contribution >= 0.6 is 11.8 Å². The van der Waals surface area contributed by atoms with Crippen LogP contribution in [0, 0.1) is 0 Å². The molecule has 0 saturated heterocycles. The molecule has 0 fully saturated rings. The van der Waals surface area contributed by atoms with E-state index in [1.165, 1.54) is 0 Å². The predicted molar refractivity (Wildman–Crippen MR) is 76.4 cm³/mol. The topological polar surface area (TPSA) is 58.4 Å². The smallest absolute Gasteiger partial charge is 0.229 e. The molecule has 5 heteroatoms. The summed E-state index contributed by atoms with van der Waals surface area (Å²) >= 11 is 1.69. The molecule has 1 amide bonds. The van der Waals surface area contributed by atoms with Crippen LogP contribution in [0.15, 0.2) is 0 Å². The van der Waals surface area contributed by atoms with Crippen molar-refractivity contribution in [1.82, 2.24) is 10.2 Å². The van der Waals surface area contributed by atoms with Gasteiger partial charge in [0, 0.05) is 24.9 Å². The fourth-order valence-electron chi connectivity index (χ4n) is 1.39. The summed E-state index contributed by atoms with van der Waals surface area (Å²) in [6.07, 6.45) is 0.843. The fraction of sp³-hybridized carbons (Fsp3) is 0.917. The van der Waals surface area contributed by atoms with E-state index < -0.39 is 0 Å². The molecule has 0 saturated carbocycles. The van der Waals surface area contributed by atoms with Crippen molar-refractivity contribution in [1.29, 1.82) is 0 Å². The standard InChI is InChI=1S/C12H27N3OS/c1-4-15(5-2)8-9-17-10-12(16)14-7-6-11(3)13/h11H,4-10,13H2,1-3H3,(H,14,16). The molecule has 4 nitrogen and oxygen atoms in total. The molecule has 3 N–H and O–H groups in total. The SMILES string of the molecule is CCN(CC)CCSCC(=O)NCCC(C)N. The number of nitrogens with zero attached hydrogens (tertiary/aromatic N) is 1. The Balaban J connectivity index is 3.38. The Morgan fingerprint density at radius 3 is 2.59 bits per heavy atom. The van der Waals surface area contributed by atoms with Gasteiger partial charge in [-0.25, -0.2) is 0 Å². The summed E-state index contributed by atoms with van der Waals surface area (Å²) in [5, 5.41) is 2.88. The molecule has 0 aliphatic carbocycles. The maximum Gasteiger partial charge on any atom is 0.229 e. The van der Waals surface area contributed by atoms with Crippen LogP contribution in [0.5, 0.6) is 0 Å². The Kier molecular flexibility index (Phi) is 10.7. The summed E-state index contributed by atoms with van der Waals surface area (Å²) in [7, 11) is 0. The third-order valence-electron chi connectivity index (χ3n) is 2.60. The summed E-state index contributed by atoms with van der Waals surface area (Å²) in [6, 6.07) is 0.158. The highest BCUT2D eigenvalue weighted by Crippen LogP contribution is 2.00. The first kappa shape index (κ1) is 16.7. The van der Waals surface area contributed by atoms with Gasteiger partial charge >= 0.3 is 0 Å². The van der Waals surface area contributed by atoms with Gasteiger partial charge in [-0.2, -0.15) is 11.8 Å². The van der Waals surface area contributed by atoms with Gasteiger partial charge in [0.15, 0.2) is 0 Å². The zero-order valence-electron chi connectivity index (χ0n) is 11.4. The molecular weight excluding hydrogens is 234 g/mol. The monoisotopic (exact) mass is 261 g/mol. The molecule has 0 spiro atoms. The Hall–Kier alpha value is -0.260. The fourth-order valence-corrected chi connectivity index (χ4v) is 2.21. The molecule has 1 atom stereocenters. The van der Waals surface area contributed by atoms with Crippen LogP contribution in [-0.2, 0) is 4.79 Å². The van der Waals surface area contributed by atoms with Gasteiger partial charge in [0.25, 0.3) is 0 Å². The number of rotatable bonds is 10.